The second-order valence-corrected chi connectivity index (χ2v) is 7.96. The van der Waals surface area contributed by atoms with E-state index in [1.807, 2.05) is 17.9 Å². The first-order valence-corrected chi connectivity index (χ1v) is 9.85. The molecule has 3 rings (SSSR count). The van der Waals surface area contributed by atoms with Crippen LogP contribution in [-0.2, 0) is 18.3 Å². The molecule has 1 N–H and O–H groups in total. The van der Waals surface area contributed by atoms with Gasteiger partial charge in [0.25, 0.3) is 0 Å². The zero-order valence-electron chi connectivity index (χ0n) is 16.2. The van der Waals surface area contributed by atoms with Crippen LogP contribution in [0.4, 0.5) is 0 Å². The van der Waals surface area contributed by atoms with Crippen molar-refractivity contribution in [2.24, 2.45) is 13.0 Å². The third kappa shape index (κ3) is 5.28. The van der Waals surface area contributed by atoms with E-state index in [2.05, 4.69) is 33.0 Å². The van der Waals surface area contributed by atoms with Gasteiger partial charge >= 0.3 is 5.97 Å². The number of carboxylic acid groups (broad SMARTS) is 1. The number of hydrogen-bond donors (Lipinski definition) is 1. The number of likely N-dealkylation sites (tertiary alicyclic amines) is 1. The highest BCUT2D eigenvalue weighted by Gasteiger charge is 2.34. The molecule has 7 heteroatoms. The molecule has 3 heterocycles. The average Bonchev–Trinajstić information content (AvgIpc) is 3.04. The largest absolute Gasteiger partial charge is 0.481 e. The van der Waals surface area contributed by atoms with Crippen molar-refractivity contribution in [2.75, 3.05) is 52.9 Å². The summed E-state index contributed by atoms with van der Waals surface area (Å²) < 4.78 is 1.85. The van der Waals surface area contributed by atoms with Gasteiger partial charge < -0.3 is 14.9 Å². The number of carbonyl (C=O) groups is 1. The minimum absolute atomic E-state index is 0.283. The highest BCUT2D eigenvalue weighted by atomic mass is 16.4. The first-order chi connectivity index (χ1) is 12.5. The summed E-state index contributed by atoms with van der Waals surface area (Å²) >= 11 is 0. The van der Waals surface area contributed by atoms with Crippen molar-refractivity contribution < 1.29 is 9.90 Å². The van der Waals surface area contributed by atoms with Gasteiger partial charge in [-0.1, -0.05) is 0 Å². The van der Waals surface area contributed by atoms with Crippen LogP contribution in [0.1, 0.15) is 24.8 Å². The van der Waals surface area contributed by atoms with Crippen molar-refractivity contribution in [3.63, 3.8) is 0 Å². The second-order valence-electron chi connectivity index (χ2n) is 7.96. The predicted octanol–water partition coefficient (Wildman–Crippen LogP) is 0.765. The summed E-state index contributed by atoms with van der Waals surface area (Å²) in [5.74, 6) is -0.216. The average molecular weight is 364 g/mol. The van der Waals surface area contributed by atoms with Crippen LogP contribution in [0.5, 0.6) is 0 Å². The highest BCUT2D eigenvalue weighted by Crippen LogP contribution is 2.27. The number of likely N-dealkylation sites (N-methyl/N-ethyl adjacent to an activating group) is 1. The number of hydrogen-bond acceptors (Lipinski definition) is 5. The topological polar surface area (TPSA) is 64.8 Å². The van der Waals surface area contributed by atoms with E-state index >= 15 is 0 Å². The number of piperazine rings is 1. The number of aromatic nitrogens is 2. The fraction of sp³-hybridized carbons (Fsp3) is 0.789. The fourth-order valence-corrected chi connectivity index (χ4v) is 4.41. The van der Waals surface area contributed by atoms with E-state index in [1.54, 1.807) is 0 Å². The quantitative estimate of drug-likeness (QED) is 0.772. The second kappa shape index (κ2) is 8.97. The Morgan fingerprint density at radius 2 is 2.00 bits per heavy atom. The zero-order chi connectivity index (χ0) is 18.5. The molecule has 2 fully saturated rings. The number of carboxylic acids is 1. The summed E-state index contributed by atoms with van der Waals surface area (Å²) in [6, 6.07) is 0.540. The molecule has 0 bridgehead atoms. The van der Waals surface area contributed by atoms with E-state index < -0.39 is 5.97 Å². The van der Waals surface area contributed by atoms with Gasteiger partial charge in [0.2, 0.25) is 0 Å². The zero-order valence-corrected chi connectivity index (χ0v) is 16.2. The molecule has 0 radical (unpaired) electrons. The molecule has 0 aliphatic carbocycles. The molecule has 2 atom stereocenters. The van der Waals surface area contributed by atoms with Gasteiger partial charge in [-0.25, -0.2) is 0 Å². The number of aryl methyl sites for hydroxylation is 1. The van der Waals surface area contributed by atoms with Crippen LogP contribution in [0.15, 0.2) is 12.4 Å². The van der Waals surface area contributed by atoms with Crippen molar-refractivity contribution in [1.29, 1.82) is 0 Å². The van der Waals surface area contributed by atoms with E-state index in [0.717, 1.165) is 65.1 Å². The maximum absolute atomic E-state index is 11.1. The monoisotopic (exact) mass is 363 g/mol. The van der Waals surface area contributed by atoms with Gasteiger partial charge in [-0.2, -0.15) is 5.10 Å². The molecule has 1 aromatic rings. The summed E-state index contributed by atoms with van der Waals surface area (Å²) in [5.41, 5.74) is 1.27. The summed E-state index contributed by atoms with van der Waals surface area (Å²) in [7, 11) is 4.13. The number of aliphatic carboxylic acids is 1. The first kappa shape index (κ1) is 19.3. The smallest absolute Gasteiger partial charge is 0.303 e. The Morgan fingerprint density at radius 1 is 1.23 bits per heavy atom. The Hall–Kier alpha value is -1.44. The van der Waals surface area contributed by atoms with E-state index in [-0.39, 0.29) is 6.42 Å². The van der Waals surface area contributed by atoms with Crippen LogP contribution >= 0.6 is 0 Å². The third-order valence-corrected chi connectivity index (χ3v) is 5.99. The molecule has 146 valence electrons. The Bertz CT molecular complexity index is 582. The van der Waals surface area contributed by atoms with Crippen molar-refractivity contribution >= 4 is 5.97 Å². The lowest BCUT2D eigenvalue weighted by Gasteiger charge is -2.46. The van der Waals surface area contributed by atoms with E-state index in [0.29, 0.717) is 12.0 Å². The normalized spacial score (nSPS) is 26.2. The molecule has 0 saturated carbocycles. The van der Waals surface area contributed by atoms with Crippen LogP contribution < -0.4 is 0 Å². The van der Waals surface area contributed by atoms with Crippen molar-refractivity contribution in [3.05, 3.63) is 18.0 Å². The standard InChI is InChI=1S/C19H33N5O2/c1-21-9-11-24(12-10-21)18-6-8-23(15-17(18)3-4-19(25)26)7-5-16-13-20-22(2)14-16/h13-14,17-18H,3-12,15H2,1-2H3,(H,25,26)/t17-,18+/m1/s1. The summed E-state index contributed by atoms with van der Waals surface area (Å²) in [6.45, 7) is 7.62. The fourth-order valence-electron chi connectivity index (χ4n) is 4.41. The molecule has 2 saturated heterocycles. The van der Waals surface area contributed by atoms with Gasteiger partial charge in [-0.3, -0.25) is 14.4 Å². The number of nitrogens with zero attached hydrogens (tertiary/aromatic N) is 5. The lowest BCUT2D eigenvalue weighted by Crippen LogP contribution is -2.56. The van der Waals surface area contributed by atoms with E-state index in [9.17, 15) is 4.79 Å². The Morgan fingerprint density at radius 3 is 2.65 bits per heavy atom. The molecule has 2 aliphatic heterocycles. The van der Waals surface area contributed by atoms with Gasteiger partial charge in [-0.05, 0) is 44.3 Å². The minimum atomic E-state index is -0.672. The summed E-state index contributed by atoms with van der Waals surface area (Å²) in [5, 5.41) is 13.4. The number of rotatable bonds is 7. The molecule has 0 spiro atoms. The lowest BCUT2D eigenvalue weighted by atomic mass is 9.86. The Labute approximate surface area is 156 Å². The van der Waals surface area contributed by atoms with Crippen LogP contribution in [-0.4, -0.2) is 94.5 Å². The van der Waals surface area contributed by atoms with Crippen LogP contribution in [0.2, 0.25) is 0 Å². The predicted molar refractivity (Wildman–Crippen MR) is 101 cm³/mol. The van der Waals surface area contributed by atoms with Crippen molar-refractivity contribution in [2.45, 2.75) is 31.7 Å². The molecular weight excluding hydrogens is 330 g/mol. The number of piperidine rings is 1. The SMILES string of the molecule is CN1CCN([C@H]2CCN(CCc3cnn(C)c3)C[C@H]2CCC(=O)O)CC1. The highest BCUT2D eigenvalue weighted by molar-refractivity contribution is 5.66. The molecule has 7 nitrogen and oxygen atoms in total. The minimum Gasteiger partial charge on any atom is -0.481 e. The lowest BCUT2D eigenvalue weighted by molar-refractivity contribution is -0.137. The van der Waals surface area contributed by atoms with Gasteiger partial charge in [0.05, 0.1) is 6.20 Å². The third-order valence-electron chi connectivity index (χ3n) is 5.99. The van der Waals surface area contributed by atoms with Gasteiger partial charge in [0.1, 0.15) is 0 Å². The van der Waals surface area contributed by atoms with Crippen LogP contribution in [0.25, 0.3) is 0 Å². The molecule has 0 unspecified atom stereocenters. The van der Waals surface area contributed by atoms with Gasteiger partial charge in [0.15, 0.2) is 0 Å². The molecule has 1 aromatic heterocycles. The van der Waals surface area contributed by atoms with E-state index in [4.69, 9.17) is 5.11 Å². The maximum atomic E-state index is 11.1. The van der Waals surface area contributed by atoms with Crippen LogP contribution in [0, 0.1) is 5.92 Å². The maximum Gasteiger partial charge on any atom is 0.303 e. The molecular formula is C19H33N5O2. The Balaban J connectivity index is 1.56. The Kier molecular flexibility index (Phi) is 6.67. The van der Waals surface area contributed by atoms with Gasteiger partial charge in [-0.15, -0.1) is 0 Å². The van der Waals surface area contributed by atoms with Gasteiger partial charge in [0, 0.05) is 65.0 Å². The van der Waals surface area contributed by atoms with E-state index in [1.165, 1.54) is 5.56 Å². The molecule has 26 heavy (non-hydrogen) atoms. The first-order valence-electron chi connectivity index (χ1n) is 9.85. The molecule has 0 aromatic carbocycles. The molecule has 0 amide bonds. The molecule has 2 aliphatic rings. The van der Waals surface area contributed by atoms with Crippen LogP contribution in [0.3, 0.4) is 0 Å². The summed E-state index contributed by atoms with van der Waals surface area (Å²) in [4.78, 5) is 18.6. The summed E-state index contributed by atoms with van der Waals surface area (Å²) in [6.07, 6.45) is 7.26. The van der Waals surface area contributed by atoms with Crippen molar-refractivity contribution in [1.82, 2.24) is 24.5 Å². The van der Waals surface area contributed by atoms with Crippen molar-refractivity contribution in [3.8, 4) is 0 Å².